The van der Waals surface area contributed by atoms with Gasteiger partial charge in [-0.25, -0.2) is 8.42 Å². The Bertz CT molecular complexity index is 671. The van der Waals surface area contributed by atoms with Crippen molar-refractivity contribution < 1.29 is 13.2 Å². The van der Waals surface area contributed by atoms with Crippen molar-refractivity contribution in [3.63, 3.8) is 0 Å². The number of hydrogen-bond acceptors (Lipinski definition) is 4. The van der Waals surface area contributed by atoms with E-state index in [1.165, 1.54) is 0 Å². The fraction of sp³-hybridized carbons (Fsp3) is 0.533. The molecule has 0 saturated carbocycles. The van der Waals surface area contributed by atoms with Crippen LogP contribution in [0.2, 0.25) is 0 Å². The van der Waals surface area contributed by atoms with Crippen LogP contribution in [0.4, 0.5) is 0 Å². The van der Waals surface area contributed by atoms with Gasteiger partial charge in [0.1, 0.15) is 0 Å². The predicted octanol–water partition coefficient (Wildman–Crippen LogP) is 0.567. The quantitative estimate of drug-likeness (QED) is 0.837. The molecule has 1 saturated heterocycles. The number of fused-ring (bicyclic) bond motifs is 1. The van der Waals surface area contributed by atoms with E-state index < -0.39 is 15.4 Å². The summed E-state index contributed by atoms with van der Waals surface area (Å²) in [5.41, 5.74) is 1.54. The van der Waals surface area contributed by atoms with Crippen molar-refractivity contribution in [1.29, 1.82) is 0 Å². The highest BCUT2D eigenvalue weighted by Crippen LogP contribution is 2.27. The number of nitrogens with one attached hydrogen (secondary N) is 2. The number of carbonyl (C=O) groups excluding carboxylic acids is 1. The van der Waals surface area contributed by atoms with E-state index in [0.717, 1.165) is 17.7 Å². The molecule has 0 aromatic heterocycles. The maximum Gasteiger partial charge on any atom is 0.229 e. The van der Waals surface area contributed by atoms with Crippen LogP contribution in [-0.4, -0.2) is 37.9 Å². The second-order valence-electron chi connectivity index (χ2n) is 6.27. The minimum atomic E-state index is -3.02. The predicted molar refractivity (Wildman–Crippen MR) is 80.7 cm³/mol. The molecule has 2 atom stereocenters. The molecule has 1 aromatic carbocycles. The molecule has 3 rings (SSSR count). The topological polar surface area (TPSA) is 75.3 Å². The first kappa shape index (κ1) is 14.5. The molecular formula is C15H20N2O3S. The molecular weight excluding hydrogens is 288 g/mol. The smallest absolute Gasteiger partial charge is 0.229 e. The number of benzene rings is 1. The van der Waals surface area contributed by atoms with E-state index >= 15 is 0 Å². The molecule has 0 bridgehead atoms. The molecule has 0 radical (unpaired) electrons. The van der Waals surface area contributed by atoms with Crippen LogP contribution < -0.4 is 10.6 Å². The van der Waals surface area contributed by atoms with Crippen LogP contribution in [0.5, 0.6) is 0 Å². The highest BCUT2D eigenvalue weighted by atomic mass is 32.2. The van der Waals surface area contributed by atoms with Gasteiger partial charge in [-0.15, -0.1) is 0 Å². The Morgan fingerprint density at radius 2 is 2.14 bits per heavy atom. The summed E-state index contributed by atoms with van der Waals surface area (Å²) in [5, 5.41) is 6.21. The zero-order valence-electron chi connectivity index (χ0n) is 12.1. The molecule has 0 aliphatic carbocycles. The van der Waals surface area contributed by atoms with E-state index in [9.17, 15) is 13.2 Å². The Morgan fingerprint density at radius 1 is 1.38 bits per heavy atom. The third-order valence-corrected chi connectivity index (χ3v) is 6.24. The van der Waals surface area contributed by atoms with E-state index in [-0.39, 0.29) is 23.3 Å². The summed E-state index contributed by atoms with van der Waals surface area (Å²) >= 11 is 0. The SMILES string of the molecule is CC1(NC(=O)C2CNCc3ccccc32)CCS(=O)(=O)C1. The fourth-order valence-corrected chi connectivity index (χ4v) is 5.32. The normalized spacial score (nSPS) is 30.6. The Balaban J connectivity index is 1.78. The highest BCUT2D eigenvalue weighted by molar-refractivity contribution is 7.91. The molecule has 2 unspecified atom stereocenters. The largest absolute Gasteiger partial charge is 0.349 e. The van der Waals surface area contributed by atoms with E-state index in [2.05, 4.69) is 10.6 Å². The van der Waals surface area contributed by atoms with Crippen LogP contribution in [0.3, 0.4) is 0 Å². The Kier molecular flexibility index (Phi) is 3.53. The Morgan fingerprint density at radius 3 is 2.86 bits per heavy atom. The van der Waals surface area contributed by atoms with Gasteiger partial charge in [0.25, 0.3) is 0 Å². The van der Waals surface area contributed by atoms with E-state index in [0.29, 0.717) is 13.0 Å². The van der Waals surface area contributed by atoms with Gasteiger partial charge in [-0.2, -0.15) is 0 Å². The molecule has 21 heavy (non-hydrogen) atoms. The number of sulfone groups is 1. The lowest BCUT2D eigenvalue weighted by atomic mass is 9.89. The zero-order valence-corrected chi connectivity index (χ0v) is 12.9. The van der Waals surface area contributed by atoms with E-state index in [1.54, 1.807) is 0 Å². The number of carbonyl (C=O) groups is 1. The molecule has 2 aliphatic heterocycles. The fourth-order valence-electron chi connectivity index (χ4n) is 3.22. The molecule has 0 spiro atoms. The zero-order chi connectivity index (χ0) is 15.1. The Hall–Kier alpha value is -1.40. The van der Waals surface area contributed by atoms with Crippen molar-refractivity contribution >= 4 is 15.7 Å². The second kappa shape index (κ2) is 5.10. The first-order chi connectivity index (χ1) is 9.89. The molecule has 2 N–H and O–H groups in total. The first-order valence-corrected chi connectivity index (χ1v) is 9.02. The van der Waals surface area contributed by atoms with Crippen molar-refractivity contribution in [1.82, 2.24) is 10.6 Å². The summed E-state index contributed by atoms with van der Waals surface area (Å²) < 4.78 is 23.3. The summed E-state index contributed by atoms with van der Waals surface area (Å²) in [4.78, 5) is 12.6. The highest BCUT2D eigenvalue weighted by Gasteiger charge is 2.41. The van der Waals surface area contributed by atoms with Gasteiger partial charge in [0.15, 0.2) is 9.84 Å². The number of hydrogen-bond donors (Lipinski definition) is 2. The number of amides is 1. The van der Waals surface area contributed by atoms with Gasteiger partial charge in [-0.1, -0.05) is 24.3 Å². The first-order valence-electron chi connectivity index (χ1n) is 7.20. The van der Waals surface area contributed by atoms with Gasteiger partial charge < -0.3 is 10.6 Å². The summed E-state index contributed by atoms with van der Waals surface area (Å²) in [6.07, 6.45) is 0.489. The summed E-state index contributed by atoms with van der Waals surface area (Å²) in [6, 6.07) is 7.90. The third kappa shape index (κ3) is 2.96. The molecule has 1 fully saturated rings. The van der Waals surface area contributed by atoms with Crippen LogP contribution in [0, 0.1) is 0 Å². The lowest BCUT2D eigenvalue weighted by Crippen LogP contribution is -2.50. The monoisotopic (exact) mass is 308 g/mol. The van der Waals surface area contributed by atoms with Crippen molar-refractivity contribution in [2.24, 2.45) is 0 Å². The molecule has 114 valence electrons. The third-order valence-electron chi connectivity index (χ3n) is 4.34. The van der Waals surface area contributed by atoms with Crippen molar-refractivity contribution in [2.75, 3.05) is 18.1 Å². The van der Waals surface area contributed by atoms with Gasteiger partial charge in [0, 0.05) is 13.1 Å². The van der Waals surface area contributed by atoms with Crippen molar-refractivity contribution in [3.8, 4) is 0 Å². The van der Waals surface area contributed by atoms with Crippen LogP contribution in [0.25, 0.3) is 0 Å². The minimum Gasteiger partial charge on any atom is -0.349 e. The minimum absolute atomic E-state index is 0.0353. The van der Waals surface area contributed by atoms with Gasteiger partial charge in [-0.3, -0.25) is 4.79 Å². The summed E-state index contributed by atoms with van der Waals surface area (Å²) in [6.45, 7) is 3.18. The van der Waals surface area contributed by atoms with Crippen LogP contribution in [-0.2, 0) is 21.2 Å². The summed E-state index contributed by atoms with van der Waals surface area (Å²) in [5.74, 6) is -0.152. The average molecular weight is 308 g/mol. The van der Waals surface area contributed by atoms with E-state index in [4.69, 9.17) is 0 Å². The molecule has 5 nitrogen and oxygen atoms in total. The van der Waals surface area contributed by atoms with Gasteiger partial charge in [0.05, 0.1) is 23.0 Å². The van der Waals surface area contributed by atoms with Crippen LogP contribution >= 0.6 is 0 Å². The van der Waals surface area contributed by atoms with Gasteiger partial charge in [-0.05, 0) is 24.5 Å². The second-order valence-corrected chi connectivity index (χ2v) is 8.46. The molecule has 1 aromatic rings. The van der Waals surface area contributed by atoms with Crippen molar-refractivity contribution in [3.05, 3.63) is 35.4 Å². The molecule has 2 aliphatic rings. The average Bonchev–Trinajstić information content (AvgIpc) is 2.71. The standard InChI is InChI=1S/C15H20N2O3S/c1-15(6-7-21(19,20)10-15)17-14(18)13-9-16-8-11-4-2-3-5-12(11)13/h2-5,13,16H,6-10H2,1H3,(H,17,18). The molecule has 6 heteroatoms. The lowest BCUT2D eigenvalue weighted by Gasteiger charge is -2.30. The lowest BCUT2D eigenvalue weighted by molar-refractivity contribution is -0.124. The van der Waals surface area contributed by atoms with Crippen LogP contribution in [0.1, 0.15) is 30.4 Å². The maximum atomic E-state index is 12.6. The van der Waals surface area contributed by atoms with E-state index in [1.807, 2.05) is 31.2 Å². The van der Waals surface area contributed by atoms with Gasteiger partial charge >= 0.3 is 0 Å². The Labute approximate surface area is 125 Å². The number of rotatable bonds is 2. The molecule has 2 heterocycles. The maximum absolute atomic E-state index is 12.6. The van der Waals surface area contributed by atoms with Crippen molar-refractivity contribution in [2.45, 2.75) is 31.3 Å². The molecule has 1 amide bonds. The summed E-state index contributed by atoms with van der Waals surface area (Å²) in [7, 11) is -3.02. The van der Waals surface area contributed by atoms with Gasteiger partial charge in [0.2, 0.25) is 5.91 Å². The van der Waals surface area contributed by atoms with Crippen LogP contribution in [0.15, 0.2) is 24.3 Å².